The number of nitrogens with two attached hydrogens (primary N) is 1. The molecule has 0 heterocycles. The molecule has 104 valence electrons. The summed E-state index contributed by atoms with van der Waals surface area (Å²) in [6, 6.07) is 4.28. The summed E-state index contributed by atoms with van der Waals surface area (Å²) < 4.78 is 5.09. The van der Waals surface area contributed by atoms with Crippen LogP contribution >= 0.6 is 0 Å². The number of carbonyl (C=O) groups is 2. The van der Waals surface area contributed by atoms with Crippen molar-refractivity contribution >= 4 is 17.6 Å². The van der Waals surface area contributed by atoms with Gasteiger partial charge in [0, 0.05) is 6.54 Å². The zero-order valence-corrected chi connectivity index (χ0v) is 11.0. The van der Waals surface area contributed by atoms with Crippen LogP contribution in [-0.2, 0) is 4.79 Å². The average molecular weight is 266 g/mol. The number of carboxylic acids is 1. The fourth-order valence-corrected chi connectivity index (χ4v) is 1.63. The molecule has 6 heteroatoms. The van der Waals surface area contributed by atoms with Crippen LogP contribution in [0.5, 0.6) is 5.75 Å². The maximum absolute atomic E-state index is 11.9. The number of carboxylic acid groups (broad SMARTS) is 1. The highest BCUT2D eigenvalue weighted by molar-refractivity contribution is 5.96. The Morgan fingerprint density at radius 1 is 1.47 bits per heavy atom. The molecular weight excluding hydrogens is 248 g/mol. The van der Waals surface area contributed by atoms with Gasteiger partial charge >= 0.3 is 5.97 Å². The molecule has 1 atom stereocenters. The second-order valence-electron chi connectivity index (χ2n) is 4.05. The van der Waals surface area contributed by atoms with Crippen LogP contribution in [0, 0.1) is 5.92 Å². The molecule has 1 unspecified atom stereocenters. The summed E-state index contributed by atoms with van der Waals surface area (Å²) in [5, 5.41) is 11.6. The quantitative estimate of drug-likeness (QED) is 0.720. The number of hydrogen-bond acceptors (Lipinski definition) is 4. The van der Waals surface area contributed by atoms with E-state index >= 15 is 0 Å². The van der Waals surface area contributed by atoms with Gasteiger partial charge in [0.2, 0.25) is 5.91 Å². The van der Waals surface area contributed by atoms with E-state index in [1.165, 1.54) is 25.3 Å². The van der Waals surface area contributed by atoms with Gasteiger partial charge in [-0.2, -0.15) is 0 Å². The maximum Gasteiger partial charge on any atom is 0.335 e. The minimum Gasteiger partial charge on any atom is -0.495 e. The highest BCUT2D eigenvalue weighted by Gasteiger charge is 2.17. The summed E-state index contributed by atoms with van der Waals surface area (Å²) in [5.74, 6) is -1.21. The summed E-state index contributed by atoms with van der Waals surface area (Å²) in [5.41, 5.74) is 5.91. The Morgan fingerprint density at radius 3 is 2.63 bits per heavy atom. The van der Waals surface area contributed by atoms with Gasteiger partial charge < -0.3 is 20.9 Å². The predicted octanol–water partition coefficient (Wildman–Crippen LogP) is 1.32. The van der Waals surface area contributed by atoms with Gasteiger partial charge in [-0.1, -0.05) is 6.92 Å². The molecule has 0 radical (unpaired) electrons. The lowest BCUT2D eigenvalue weighted by Crippen LogP contribution is -2.28. The molecule has 0 saturated heterocycles. The van der Waals surface area contributed by atoms with E-state index in [2.05, 4.69) is 5.32 Å². The van der Waals surface area contributed by atoms with Gasteiger partial charge in [0.25, 0.3) is 0 Å². The number of nitrogens with one attached hydrogen (secondary N) is 1. The van der Waals surface area contributed by atoms with Gasteiger partial charge in [-0.05, 0) is 24.6 Å². The third-order valence-corrected chi connectivity index (χ3v) is 2.85. The van der Waals surface area contributed by atoms with Crippen LogP contribution in [-0.4, -0.2) is 30.6 Å². The smallest absolute Gasteiger partial charge is 0.335 e. The highest BCUT2D eigenvalue weighted by atomic mass is 16.5. The zero-order chi connectivity index (χ0) is 14.4. The topological polar surface area (TPSA) is 102 Å². The van der Waals surface area contributed by atoms with Gasteiger partial charge in [-0.3, -0.25) is 4.79 Å². The Labute approximate surface area is 111 Å². The Bertz CT molecular complexity index is 470. The van der Waals surface area contributed by atoms with E-state index in [1.54, 1.807) is 0 Å². The molecule has 19 heavy (non-hydrogen) atoms. The van der Waals surface area contributed by atoms with E-state index in [0.29, 0.717) is 17.9 Å². The summed E-state index contributed by atoms with van der Waals surface area (Å²) in [6.45, 7) is 2.10. The van der Waals surface area contributed by atoms with Crippen LogP contribution in [0.1, 0.15) is 23.7 Å². The first kappa shape index (κ1) is 15.0. The number of hydrogen-bond donors (Lipinski definition) is 3. The van der Waals surface area contributed by atoms with E-state index in [1.807, 2.05) is 6.92 Å². The van der Waals surface area contributed by atoms with E-state index in [4.69, 9.17) is 15.6 Å². The van der Waals surface area contributed by atoms with E-state index in [0.717, 1.165) is 0 Å². The molecule has 0 aromatic heterocycles. The van der Waals surface area contributed by atoms with Crippen molar-refractivity contribution in [1.82, 2.24) is 0 Å². The van der Waals surface area contributed by atoms with Crippen molar-refractivity contribution in [1.29, 1.82) is 0 Å². The Hall–Kier alpha value is -2.08. The number of carbonyl (C=O) groups excluding carboxylic acids is 1. The molecule has 1 amide bonds. The van der Waals surface area contributed by atoms with Crippen LogP contribution in [0.3, 0.4) is 0 Å². The Morgan fingerprint density at radius 2 is 2.16 bits per heavy atom. The maximum atomic E-state index is 11.9. The predicted molar refractivity (Wildman–Crippen MR) is 71.4 cm³/mol. The molecule has 6 nitrogen and oxygen atoms in total. The number of amides is 1. The fraction of sp³-hybridized carbons (Fsp3) is 0.385. The van der Waals surface area contributed by atoms with Crippen molar-refractivity contribution in [2.45, 2.75) is 13.3 Å². The van der Waals surface area contributed by atoms with Gasteiger partial charge in [0.1, 0.15) is 5.75 Å². The second kappa shape index (κ2) is 6.75. The third kappa shape index (κ3) is 3.69. The molecule has 1 rings (SSSR count). The van der Waals surface area contributed by atoms with Crippen molar-refractivity contribution in [2.24, 2.45) is 11.7 Å². The second-order valence-corrected chi connectivity index (χ2v) is 4.05. The largest absolute Gasteiger partial charge is 0.495 e. The molecule has 4 N–H and O–H groups in total. The van der Waals surface area contributed by atoms with Gasteiger partial charge in [0.05, 0.1) is 24.3 Å². The van der Waals surface area contributed by atoms with E-state index < -0.39 is 5.97 Å². The van der Waals surface area contributed by atoms with Crippen LogP contribution in [0.4, 0.5) is 5.69 Å². The first-order valence-electron chi connectivity index (χ1n) is 5.95. The Kier molecular flexibility index (Phi) is 5.32. The van der Waals surface area contributed by atoms with Gasteiger partial charge in [0.15, 0.2) is 0 Å². The van der Waals surface area contributed by atoms with Crippen molar-refractivity contribution in [2.75, 3.05) is 19.0 Å². The minimum atomic E-state index is -1.07. The van der Waals surface area contributed by atoms with Crippen molar-refractivity contribution in [3.8, 4) is 5.75 Å². The number of aromatic carboxylic acids is 1. The molecule has 0 aliphatic heterocycles. The van der Waals surface area contributed by atoms with Crippen LogP contribution < -0.4 is 15.8 Å². The SMILES string of the molecule is CCC(CN)C(=O)Nc1cc(C(=O)O)ccc1OC. The number of methoxy groups -OCH3 is 1. The highest BCUT2D eigenvalue weighted by Crippen LogP contribution is 2.26. The van der Waals surface area contributed by atoms with Crippen molar-refractivity contribution in [3.05, 3.63) is 23.8 Å². The molecular formula is C13H18N2O4. The van der Waals surface area contributed by atoms with Gasteiger partial charge in [-0.15, -0.1) is 0 Å². The number of ether oxygens (including phenoxy) is 1. The first-order chi connectivity index (χ1) is 9.03. The zero-order valence-electron chi connectivity index (χ0n) is 11.0. The third-order valence-electron chi connectivity index (χ3n) is 2.85. The summed E-state index contributed by atoms with van der Waals surface area (Å²) >= 11 is 0. The molecule has 0 aliphatic carbocycles. The lowest BCUT2D eigenvalue weighted by Gasteiger charge is -2.15. The lowest BCUT2D eigenvalue weighted by atomic mass is 10.1. The molecule has 0 saturated carbocycles. The lowest BCUT2D eigenvalue weighted by molar-refractivity contribution is -0.119. The number of rotatable bonds is 6. The average Bonchev–Trinajstić information content (AvgIpc) is 2.39. The molecule has 0 aliphatic rings. The van der Waals surface area contributed by atoms with Crippen LogP contribution in [0.2, 0.25) is 0 Å². The summed E-state index contributed by atoms with van der Waals surface area (Å²) in [6.07, 6.45) is 0.614. The van der Waals surface area contributed by atoms with Crippen molar-refractivity contribution < 1.29 is 19.4 Å². The molecule has 0 spiro atoms. The summed E-state index contributed by atoms with van der Waals surface area (Å²) in [4.78, 5) is 22.8. The fourth-order valence-electron chi connectivity index (χ4n) is 1.63. The van der Waals surface area contributed by atoms with E-state index in [-0.39, 0.29) is 23.9 Å². The number of anilines is 1. The van der Waals surface area contributed by atoms with Crippen molar-refractivity contribution in [3.63, 3.8) is 0 Å². The normalized spacial score (nSPS) is 11.7. The standard InChI is InChI=1S/C13H18N2O4/c1-3-8(7-14)12(16)15-10-6-9(13(17)18)4-5-11(10)19-2/h4-6,8H,3,7,14H2,1-2H3,(H,15,16)(H,17,18). The Balaban J connectivity index is 3.00. The van der Waals surface area contributed by atoms with Crippen LogP contribution in [0.15, 0.2) is 18.2 Å². The van der Waals surface area contributed by atoms with Crippen LogP contribution in [0.25, 0.3) is 0 Å². The minimum absolute atomic E-state index is 0.0805. The molecule has 0 fully saturated rings. The van der Waals surface area contributed by atoms with E-state index in [9.17, 15) is 9.59 Å². The molecule has 1 aromatic rings. The first-order valence-corrected chi connectivity index (χ1v) is 5.95. The number of benzene rings is 1. The molecule has 1 aromatic carbocycles. The monoisotopic (exact) mass is 266 g/mol. The van der Waals surface area contributed by atoms with Gasteiger partial charge in [-0.25, -0.2) is 4.79 Å². The molecule has 0 bridgehead atoms. The summed E-state index contributed by atoms with van der Waals surface area (Å²) in [7, 11) is 1.45.